The highest BCUT2D eigenvalue weighted by Gasteiger charge is 2.31. The topological polar surface area (TPSA) is 75.9 Å². The summed E-state index contributed by atoms with van der Waals surface area (Å²) >= 11 is 0. The van der Waals surface area contributed by atoms with Crippen LogP contribution in [0.5, 0.6) is 5.75 Å². The number of piperidine rings is 1. The number of amides is 1. The SMILES string of the molecule is Cc1nc2nc(C)c(OC3CCN(c4ccc(C5CCC(C(=O)N6CCCCC6)CC5)cc4)C3)c(C)n2n1. The molecule has 4 heterocycles. The van der Waals surface area contributed by atoms with Gasteiger partial charge in [-0.25, -0.2) is 4.98 Å². The van der Waals surface area contributed by atoms with Crippen LogP contribution in [0.4, 0.5) is 5.69 Å². The molecule has 1 amide bonds. The van der Waals surface area contributed by atoms with E-state index in [0.29, 0.717) is 23.4 Å². The number of hydrogen-bond donors (Lipinski definition) is 0. The molecule has 2 saturated heterocycles. The van der Waals surface area contributed by atoms with Crippen LogP contribution >= 0.6 is 0 Å². The first-order valence-electron chi connectivity index (χ1n) is 14.5. The average Bonchev–Trinajstić information content (AvgIpc) is 3.57. The molecule has 3 fully saturated rings. The van der Waals surface area contributed by atoms with E-state index in [1.54, 1.807) is 4.52 Å². The summed E-state index contributed by atoms with van der Waals surface area (Å²) in [6, 6.07) is 9.15. The summed E-state index contributed by atoms with van der Waals surface area (Å²) in [4.78, 5) is 26.5. The molecule has 8 heteroatoms. The zero-order valence-electron chi connectivity index (χ0n) is 23.0. The molecule has 38 heavy (non-hydrogen) atoms. The normalized spacial score (nSPS) is 24.2. The summed E-state index contributed by atoms with van der Waals surface area (Å²) in [6.45, 7) is 9.65. The third kappa shape index (κ3) is 4.97. The lowest BCUT2D eigenvalue weighted by Crippen LogP contribution is -2.40. The Morgan fingerprint density at radius 2 is 1.63 bits per heavy atom. The number of carbonyl (C=O) groups is 1. The molecule has 2 aliphatic heterocycles. The second-order valence-electron chi connectivity index (χ2n) is 11.5. The molecule has 1 aromatic carbocycles. The summed E-state index contributed by atoms with van der Waals surface area (Å²) in [5.74, 6) is 3.38. The highest BCUT2D eigenvalue weighted by molar-refractivity contribution is 5.79. The first-order chi connectivity index (χ1) is 18.5. The van der Waals surface area contributed by atoms with Gasteiger partial charge in [0.1, 0.15) is 11.9 Å². The molecule has 0 bridgehead atoms. The molecular weight excluding hydrogens is 476 g/mol. The Morgan fingerprint density at radius 1 is 0.895 bits per heavy atom. The molecule has 1 saturated carbocycles. The number of fused-ring (bicyclic) bond motifs is 1. The molecule has 8 nitrogen and oxygen atoms in total. The monoisotopic (exact) mass is 516 g/mol. The van der Waals surface area contributed by atoms with E-state index in [9.17, 15) is 4.79 Å². The fourth-order valence-corrected chi connectivity index (χ4v) is 6.66. The van der Waals surface area contributed by atoms with Crippen LogP contribution in [0.15, 0.2) is 24.3 Å². The molecule has 0 radical (unpaired) electrons. The maximum absolute atomic E-state index is 12.9. The van der Waals surface area contributed by atoms with Crippen molar-refractivity contribution in [2.45, 2.75) is 84.2 Å². The van der Waals surface area contributed by atoms with Gasteiger partial charge in [-0.2, -0.15) is 9.50 Å². The van der Waals surface area contributed by atoms with Gasteiger partial charge in [-0.3, -0.25) is 4.79 Å². The lowest BCUT2D eigenvalue weighted by molar-refractivity contribution is -0.137. The average molecular weight is 517 g/mol. The molecule has 1 unspecified atom stereocenters. The summed E-state index contributed by atoms with van der Waals surface area (Å²) in [7, 11) is 0. The largest absolute Gasteiger partial charge is 0.485 e. The maximum atomic E-state index is 12.9. The van der Waals surface area contributed by atoms with Gasteiger partial charge in [0.25, 0.3) is 5.78 Å². The number of rotatable bonds is 5. The van der Waals surface area contributed by atoms with E-state index in [-0.39, 0.29) is 12.0 Å². The van der Waals surface area contributed by atoms with Gasteiger partial charge < -0.3 is 14.5 Å². The number of nitrogens with zero attached hydrogens (tertiary/aromatic N) is 6. The van der Waals surface area contributed by atoms with Crippen molar-refractivity contribution in [2.75, 3.05) is 31.1 Å². The van der Waals surface area contributed by atoms with E-state index >= 15 is 0 Å². The fraction of sp³-hybridized carbons (Fsp3) is 0.600. The van der Waals surface area contributed by atoms with Crippen LogP contribution in [0.1, 0.15) is 80.1 Å². The van der Waals surface area contributed by atoms with E-state index in [2.05, 4.69) is 49.1 Å². The van der Waals surface area contributed by atoms with Crippen LogP contribution < -0.4 is 9.64 Å². The van der Waals surface area contributed by atoms with Crippen LogP contribution in [0.3, 0.4) is 0 Å². The number of aryl methyl sites for hydroxylation is 3. The van der Waals surface area contributed by atoms with Crippen molar-refractivity contribution in [3.05, 3.63) is 47.0 Å². The second kappa shape index (κ2) is 10.5. The van der Waals surface area contributed by atoms with Gasteiger partial charge in [0.05, 0.1) is 17.9 Å². The Bertz CT molecular complexity index is 1290. The third-order valence-electron chi connectivity index (χ3n) is 8.84. The van der Waals surface area contributed by atoms with Crippen molar-refractivity contribution in [3.8, 4) is 5.75 Å². The Hall–Kier alpha value is -3.16. The standard InChI is InChI=1S/C30H40N6O2/c1-20-28(21(2)36-30(31-20)32-22(3)33-36)38-27-15-18-35(19-27)26-13-11-24(12-14-26)23-7-9-25(10-8-23)29(37)34-16-5-4-6-17-34/h11-14,23,25,27H,4-10,15-19H2,1-3H3. The first kappa shape index (κ1) is 25.1. The summed E-state index contributed by atoms with van der Waals surface area (Å²) in [5, 5.41) is 4.47. The number of aromatic nitrogens is 4. The van der Waals surface area contributed by atoms with Crippen LogP contribution in [-0.4, -0.2) is 62.7 Å². The number of carbonyl (C=O) groups excluding carboxylic acids is 1. The predicted molar refractivity (Wildman–Crippen MR) is 148 cm³/mol. The first-order valence-corrected chi connectivity index (χ1v) is 14.5. The quantitative estimate of drug-likeness (QED) is 0.475. The Labute approximate surface area is 225 Å². The number of ether oxygens (including phenoxy) is 1. The number of hydrogen-bond acceptors (Lipinski definition) is 6. The van der Waals surface area contributed by atoms with Crippen molar-refractivity contribution in [3.63, 3.8) is 0 Å². The van der Waals surface area contributed by atoms with E-state index < -0.39 is 0 Å². The lowest BCUT2D eigenvalue weighted by Gasteiger charge is -2.34. The van der Waals surface area contributed by atoms with Crippen LogP contribution in [-0.2, 0) is 4.79 Å². The van der Waals surface area contributed by atoms with Crippen molar-refractivity contribution in [2.24, 2.45) is 5.92 Å². The Kier molecular flexibility index (Phi) is 6.97. The van der Waals surface area contributed by atoms with E-state index in [1.807, 2.05) is 20.8 Å². The Balaban J connectivity index is 1.04. The molecule has 3 aromatic rings. The van der Waals surface area contributed by atoms with E-state index in [0.717, 1.165) is 75.4 Å². The van der Waals surface area contributed by atoms with Crippen molar-refractivity contribution >= 4 is 17.4 Å². The van der Waals surface area contributed by atoms with Gasteiger partial charge >= 0.3 is 0 Å². The molecular formula is C30H40N6O2. The minimum atomic E-state index is 0.115. The summed E-state index contributed by atoms with van der Waals surface area (Å²) in [5.41, 5.74) is 4.47. The molecule has 3 aliphatic rings. The van der Waals surface area contributed by atoms with Crippen molar-refractivity contribution in [1.29, 1.82) is 0 Å². The predicted octanol–water partition coefficient (Wildman–Crippen LogP) is 4.99. The number of anilines is 1. The number of likely N-dealkylation sites (tertiary alicyclic amines) is 1. The van der Waals surface area contributed by atoms with Gasteiger partial charge in [0.15, 0.2) is 5.75 Å². The highest BCUT2D eigenvalue weighted by Crippen LogP contribution is 2.38. The minimum Gasteiger partial charge on any atom is -0.485 e. The number of benzene rings is 1. The lowest BCUT2D eigenvalue weighted by atomic mass is 9.78. The third-order valence-corrected chi connectivity index (χ3v) is 8.84. The maximum Gasteiger partial charge on any atom is 0.253 e. The van der Waals surface area contributed by atoms with Crippen molar-refractivity contribution in [1.82, 2.24) is 24.5 Å². The molecule has 202 valence electrons. The van der Waals surface area contributed by atoms with Gasteiger partial charge in [0, 0.05) is 37.7 Å². The Morgan fingerprint density at radius 3 is 2.37 bits per heavy atom. The minimum absolute atomic E-state index is 0.115. The summed E-state index contributed by atoms with van der Waals surface area (Å²) < 4.78 is 8.25. The smallest absolute Gasteiger partial charge is 0.253 e. The molecule has 0 spiro atoms. The second-order valence-corrected chi connectivity index (χ2v) is 11.5. The van der Waals surface area contributed by atoms with Crippen molar-refractivity contribution < 1.29 is 9.53 Å². The van der Waals surface area contributed by atoms with Gasteiger partial charge in [0.2, 0.25) is 5.91 Å². The van der Waals surface area contributed by atoms with Gasteiger partial charge in [-0.05, 0) is 89.3 Å². The van der Waals surface area contributed by atoms with Gasteiger partial charge in [-0.1, -0.05) is 12.1 Å². The molecule has 1 atom stereocenters. The zero-order chi connectivity index (χ0) is 26.2. The molecule has 2 aromatic heterocycles. The van der Waals surface area contributed by atoms with E-state index in [1.165, 1.54) is 30.5 Å². The van der Waals surface area contributed by atoms with Crippen LogP contribution in [0.25, 0.3) is 5.78 Å². The van der Waals surface area contributed by atoms with Gasteiger partial charge in [-0.15, -0.1) is 5.10 Å². The molecule has 6 rings (SSSR count). The van der Waals surface area contributed by atoms with Crippen LogP contribution in [0.2, 0.25) is 0 Å². The molecule has 0 N–H and O–H groups in total. The molecule has 1 aliphatic carbocycles. The van der Waals surface area contributed by atoms with Crippen LogP contribution in [0, 0.1) is 26.7 Å². The summed E-state index contributed by atoms with van der Waals surface area (Å²) in [6.07, 6.45) is 9.00. The van der Waals surface area contributed by atoms with E-state index in [4.69, 9.17) is 4.74 Å². The highest BCUT2D eigenvalue weighted by atomic mass is 16.5. The zero-order valence-corrected chi connectivity index (χ0v) is 23.0. The fourth-order valence-electron chi connectivity index (χ4n) is 6.66.